The molecule has 2 fully saturated rings. The lowest BCUT2D eigenvalue weighted by Gasteiger charge is -2.39. The summed E-state index contributed by atoms with van der Waals surface area (Å²) in [5.41, 5.74) is 0. The summed E-state index contributed by atoms with van der Waals surface area (Å²) in [4.78, 5) is 11.1. The molecule has 92 valence electrons. The molecule has 0 bridgehead atoms. The average molecular weight is 240 g/mol. The van der Waals surface area contributed by atoms with Crippen molar-refractivity contribution in [2.45, 2.75) is 57.8 Å². The largest absolute Gasteiger partial charge is 0.413 e. The van der Waals surface area contributed by atoms with Crippen molar-refractivity contribution in [3.8, 4) is 0 Å². The van der Waals surface area contributed by atoms with Crippen LogP contribution in [0.5, 0.6) is 0 Å². The minimum absolute atomic E-state index is 0.179. The van der Waals surface area contributed by atoms with Gasteiger partial charge in [-0.1, -0.05) is 20.8 Å². The topological polar surface area (TPSA) is 26.3 Å². The van der Waals surface area contributed by atoms with Crippen molar-refractivity contribution in [1.82, 2.24) is 0 Å². The molecular weight excluding hydrogens is 216 g/mol. The van der Waals surface area contributed by atoms with Crippen LogP contribution in [-0.2, 0) is 9.22 Å². The number of aldehydes is 1. The number of hydrogen-bond donors (Lipinski definition) is 0. The van der Waals surface area contributed by atoms with Gasteiger partial charge in [0, 0.05) is 5.92 Å². The van der Waals surface area contributed by atoms with Gasteiger partial charge < -0.3 is 9.22 Å². The zero-order valence-electron chi connectivity index (χ0n) is 11.1. The molecule has 2 rings (SSSR count). The van der Waals surface area contributed by atoms with Crippen molar-refractivity contribution in [3.63, 3.8) is 0 Å². The molecular formula is C13H24O2Si. The third-order valence-electron chi connectivity index (χ3n) is 4.81. The molecule has 0 N–H and O–H groups in total. The van der Waals surface area contributed by atoms with Crippen LogP contribution in [0.2, 0.25) is 18.1 Å². The highest BCUT2D eigenvalue weighted by Crippen LogP contribution is 2.56. The van der Waals surface area contributed by atoms with Gasteiger partial charge in [0.25, 0.3) is 0 Å². The lowest BCUT2D eigenvalue weighted by molar-refractivity contribution is -0.113. The van der Waals surface area contributed by atoms with E-state index in [1.807, 2.05) is 0 Å². The summed E-state index contributed by atoms with van der Waals surface area (Å²) in [5.74, 6) is 1.67. The Morgan fingerprint density at radius 3 is 2.38 bits per heavy atom. The van der Waals surface area contributed by atoms with E-state index in [-0.39, 0.29) is 17.1 Å². The van der Waals surface area contributed by atoms with E-state index in [0.717, 1.165) is 18.6 Å². The highest BCUT2D eigenvalue weighted by Gasteiger charge is 2.56. The highest BCUT2D eigenvalue weighted by molar-refractivity contribution is 6.74. The Bertz CT molecular complexity index is 293. The SMILES string of the molecule is CC(C)(C)[Si](C)(C)O[C@@H]1C2CC2C[C@H]1C=O. The standard InChI is InChI=1S/C13H24O2Si/c1-13(2,3)16(4,5)15-12-10(8-14)6-9-7-11(9)12/h8-12H,6-7H2,1-5H3/t9?,10-,11?,12-/m0/s1. The number of fused-ring (bicyclic) bond motifs is 1. The summed E-state index contributed by atoms with van der Waals surface area (Å²) in [6.07, 6.45) is 3.74. The predicted molar refractivity (Wildman–Crippen MR) is 67.8 cm³/mol. The maximum absolute atomic E-state index is 11.1. The fourth-order valence-electron chi connectivity index (χ4n) is 2.57. The highest BCUT2D eigenvalue weighted by atomic mass is 28.4. The van der Waals surface area contributed by atoms with E-state index in [4.69, 9.17) is 4.43 Å². The van der Waals surface area contributed by atoms with Crippen LogP contribution < -0.4 is 0 Å². The first-order chi connectivity index (χ1) is 7.26. The van der Waals surface area contributed by atoms with Crippen molar-refractivity contribution in [2.75, 3.05) is 0 Å². The Hall–Kier alpha value is -0.153. The fourth-order valence-corrected chi connectivity index (χ4v) is 3.95. The fraction of sp³-hybridized carbons (Fsp3) is 0.923. The van der Waals surface area contributed by atoms with Crippen LogP contribution in [0.1, 0.15) is 33.6 Å². The molecule has 16 heavy (non-hydrogen) atoms. The molecule has 2 saturated carbocycles. The predicted octanol–water partition coefficient (Wildman–Crippen LogP) is 3.23. The molecule has 0 aliphatic heterocycles. The smallest absolute Gasteiger partial charge is 0.192 e. The molecule has 0 heterocycles. The Kier molecular flexibility index (Phi) is 2.82. The van der Waals surface area contributed by atoms with Crippen LogP contribution in [-0.4, -0.2) is 20.7 Å². The second-order valence-electron chi connectivity index (χ2n) is 7.04. The minimum Gasteiger partial charge on any atom is -0.413 e. The summed E-state index contributed by atoms with van der Waals surface area (Å²) in [6.45, 7) is 11.3. The Morgan fingerprint density at radius 2 is 1.88 bits per heavy atom. The molecule has 2 aliphatic rings. The van der Waals surface area contributed by atoms with E-state index in [9.17, 15) is 4.79 Å². The van der Waals surface area contributed by atoms with Crippen molar-refractivity contribution in [2.24, 2.45) is 17.8 Å². The van der Waals surface area contributed by atoms with Gasteiger partial charge in [0.1, 0.15) is 6.29 Å². The van der Waals surface area contributed by atoms with Crippen LogP contribution in [0.4, 0.5) is 0 Å². The molecule has 0 aromatic heterocycles. The van der Waals surface area contributed by atoms with Crippen molar-refractivity contribution in [1.29, 1.82) is 0 Å². The lowest BCUT2D eigenvalue weighted by atomic mass is 10.0. The van der Waals surface area contributed by atoms with Crippen molar-refractivity contribution >= 4 is 14.6 Å². The summed E-state index contributed by atoms with van der Waals surface area (Å²) < 4.78 is 6.43. The molecule has 0 aromatic carbocycles. The van der Waals surface area contributed by atoms with Crippen LogP contribution in [0.15, 0.2) is 0 Å². The second-order valence-corrected chi connectivity index (χ2v) is 11.8. The van der Waals surface area contributed by atoms with Gasteiger partial charge in [-0.3, -0.25) is 0 Å². The number of carbonyl (C=O) groups excluding carboxylic acids is 1. The first-order valence-electron chi connectivity index (χ1n) is 6.39. The molecule has 2 nitrogen and oxygen atoms in total. The third-order valence-corrected chi connectivity index (χ3v) is 9.28. The maximum Gasteiger partial charge on any atom is 0.192 e. The molecule has 0 aromatic rings. The molecule has 0 spiro atoms. The van der Waals surface area contributed by atoms with E-state index < -0.39 is 8.32 Å². The molecule has 0 saturated heterocycles. The molecule has 2 aliphatic carbocycles. The Labute approximate surface area is 99.9 Å². The van der Waals surface area contributed by atoms with Gasteiger partial charge in [0.15, 0.2) is 8.32 Å². The summed E-state index contributed by atoms with van der Waals surface area (Å²) in [6, 6.07) is 0. The van der Waals surface area contributed by atoms with Crippen LogP contribution >= 0.6 is 0 Å². The van der Waals surface area contributed by atoms with Crippen LogP contribution in [0.3, 0.4) is 0 Å². The van der Waals surface area contributed by atoms with Crippen molar-refractivity contribution < 1.29 is 9.22 Å². The molecule has 4 atom stereocenters. The van der Waals surface area contributed by atoms with E-state index in [1.165, 1.54) is 6.42 Å². The quantitative estimate of drug-likeness (QED) is 0.559. The summed E-state index contributed by atoms with van der Waals surface area (Å²) in [7, 11) is -1.70. The minimum atomic E-state index is -1.70. The van der Waals surface area contributed by atoms with Gasteiger partial charge in [-0.25, -0.2) is 0 Å². The van der Waals surface area contributed by atoms with Gasteiger partial charge in [-0.05, 0) is 42.8 Å². The summed E-state index contributed by atoms with van der Waals surface area (Å²) >= 11 is 0. The van der Waals surface area contributed by atoms with Gasteiger partial charge in [-0.2, -0.15) is 0 Å². The van der Waals surface area contributed by atoms with Gasteiger partial charge in [0.2, 0.25) is 0 Å². The van der Waals surface area contributed by atoms with E-state index in [2.05, 4.69) is 33.9 Å². The third kappa shape index (κ3) is 1.99. The average Bonchev–Trinajstić information content (AvgIpc) is 2.82. The number of rotatable bonds is 3. The number of hydrogen-bond acceptors (Lipinski definition) is 2. The van der Waals surface area contributed by atoms with Gasteiger partial charge in [-0.15, -0.1) is 0 Å². The monoisotopic (exact) mass is 240 g/mol. The Balaban J connectivity index is 2.06. The van der Waals surface area contributed by atoms with Gasteiger partial charge >= 0.3 is 0 Å². The molecule has 2 unspecified atom stereocenters. The van der Waals surface area contributed by atoms with E-state index >= 15 is 0 Å². The normalized spacial score (nSPS) is 38.3. The lowest BCUT2D eigenvalue weighted by Crippen LogP contribution is -2.45. The first-order valence-corrected chi connectivity index (χ1v) is 9.30. The molecule has 0 amide bonds. The van der Waals surface area contributed by atoms with Gasteiger partial charge in [0.05, 0.1) is 6.10 Å². The second kappa shape index (κ2) is 3.67. The van der Waals surface area contributed by atoms with Crippen LogP contribution in [0, 0.1) is 17.8 Å². The Morgan fingerprint density at radius 1 is 1.25 bits per heavy atom. The first kappa shape index (κ1) is 12.3. The number of carbonyl (C=O) groups is 1. The maximum atomic E-state index is 11.1. The van der Waals surface area contributed by atoms with E-state index in [1.54, 1.807) is 0 Å². The van der Waals surface area contributed by atoms with E-state index in [0.29, 0.717) is 5.92 Å². The zero-order chi connectivity index (χ0) is 12.1. The van der Waals surface area contributed by atoms with Crippen LogP contribution in [0.25, 0.3) is 0 Å². The zero-order valence-corrected chi connectivity index (χ0v) is 12.1. The van der Waals surface area contributed by atoms with Crippen molar-refractivity contribution in [3.05, 3.63) is 0 Å². The summed E-state index contributed by atoms with van der Waals surface area (Å²) in [5, 5.41) is 0.243. The molecule has 3 heteroatoms. The molecule has 0 radical (unpaired) electrons.